The first-order valence-electron chi connectivity index (χ1n) is 4.60. The second-order valence-corrected chi connectivity index (χ2v) is 3.22. The molecule has 0 amide bonds. The minimum atomic E-state index is -0.362. The standard InChI is InChI=1S/C12H10FNO/c1-9-4-5-12(11(13)7-9)15-10-3-2-6-14-8-10/h2-8H,1H3. The van der Waals surface area contributed by atoms with E-state index >= 15 is 0 Å². The molecule has 0 aliphatic heterocycles. The molecule has 15 heavy (non-hydrogen) atoms. The van der Waals surface area contributed by atoms with Gasteiger partial charge in [-0.05, 0) is 36.8 Å². The molecule has 3 heteroatoms. The fourth-order valence-electron chi connectivity index (χ4n) is 1.22. The summed E-state index contributed by atoms with van der Waals surface area (Å²) >= 11 is 0. The number of hydrogen-bond donors (Lipinski definition) is 0. The molecule has 2 nitrogen and oxygen atoms in total. The van der Waals surface area contributed by atoms with E-state index in [1.54, 1.807) is 36.7 Å². The zero-order chi connectivity index (χ0) is 10.7. The topological polar surface area (TPSA) is 22.1 Å². The van der Waals surface area contributed by atoms with Crippen LogP contribution in [0.15, 0.2) is 42.7 Å². The summed E-state index contributed by atoms with van der Waals surface area (Å²) in [7, 11) is 0. The molecule has 0 N–H and O–H groups in total. The molecule has 0 fully saturated rings. The van der Waals surface area contributed by atoms with Crippen molar-refractivity contribution in [1.29, 1.82) is 0 Å². The van der Waals surface area contributed by atoms with Crippen LogP contribution in [-0.2, 0) is 0 Å². The van der Waals surface area contributed by atoms with E-state index in [0.717, 1.165) is 5.56 Å². The lowest BCUT2D eigenvalue weighted by atomic mass is 10.2. The molecule has 0 aliphatic carbocycles. The molecule has 0 spiro atoms. The van der Waals surface area contributed by atoms with E-state index < -0.39 is 0 Å². The summed E-state index contributed by atoms with van der Waals surface area (Å²) in [5.74, 6) is 0.382. The summed E-state index contributed by atoms with van der Waals surface area (Å²) in [4.78, 5) is 3.88. The summed E-state index contributed by atoms with van der Waals surface area (Å²) in [6, 6.07) is 8.31. The second kappa shape index (κ2) is 4.09. The zero-order valence-electron chi connectivity index (χ0n) is 8.27. The van der Waals surface area contributed by atoms with Crippen molar-refractivity contribution in [3.63, 3.8) is 0 Å². The molecule has 1 aromatic heterocycles. The fourth-order valence-corrected chi connectivity index (χ4v) is 1.22. The minimum absolute atomic E-state index is 0.216. The molecule has 0 bridgehead atoms. The molecule has 0 unspecified atom stereocenters. The number of aryl methyl sites for hydroxylation is 1. The third-order valence-corrected chi connectivity index (χ3v) is 1.95. The van der Waals surface area contributed by atoms with Gasteiger partial charge in [-0.25, -0.2) is 4.39 Å². The molecule has 0 aliphatic rings. The molecular weight excluding hydrogens is 193 g/mol. The van der Waals surface area contributed by atoms with Gasteiger partial charge in [0.15, 0.2) is 11.6 Å². The van der Waals surface area contributed by atoms with Gasteiger partial charge >= 0.3 is 0 Å². The highest BCUT2D eigenvalue weighted by molar-refractivity contribution is 5.32. The van der Waals surface area contributed by atoms with E-state index in [2.05, 4.69) is 4.98 Å². The van der Waals surface area contributed by atoms with Gasteiger partial charge in [-0.1, -0.05) is 6.07 Å². The number of aromatic nitrogens is 1. The van der Waals surface area contributed by atoms with Gasteiger partial charge in [-0.15, -0.1) is 0 Å². The van der Waals surface area contributed by atoms with E-state index in [1.165, 1.54) is 6.07 Å². The molecule has 2 rings (SSSR count). The highest BCUT2D eigenvalue weighted by Crippen LogP contribution is 2.23. The molecule has 0 saturated carbocycles. The van der Waals surface area contributed by atoms with E-state index in [0.29, 0.717) is 5.75 Å². The van der Waals surface area contributed by atoms with Crippen LogP contribution in [0.5, 0.6) is 11.5 Å². The average molecular weight is 203 g/mol. The van der Waals surface area contributed by atoms with Crippen LogP contribution in [0, 0.1) is 12.7 Å². The van der Waals surface area contributed by atoms with Crippen LogP contribution in [-0.4, -0.2) is 4.98 Å². The zero-order valence-corrected chi connectivity index (χ0v) is 8.27. The maximum atomic E-state index is 13.4. The van der Waals surface area contributed by atoms with Crippen molar-refractivity contribution in [1.82, 2.24) is 4.98 Å². The van der Waals surface area contributed by atoms with Crippen LogP contribution in [0.4, 0.5) is 4.39 Å². The Morgan fingerprint density at radius 1 is 1.27 bits per heavy atom. The summed E-state index contributed by atoms with van der Waals surface area (Å²) in [6.07, 6.45) is 3.18. The summed E-state index contributed by atoms with van der Waals surface area (Å²) in [6.45, 7) is 1.83. The van der Waals surface area contributed by atoms with E-state index in [4.69, 9.17) is 4.74 Å². The van der Waals surface area contributed by atoms with Gasteiger partial charge in [0.25, 0.3) is 0 Å². The van der Waals surface area contributed by atoms with Gasteiger partial charge in [0.05, 0.1) is 6.20 Å². The smallest absolute Gasteiger partial charge is 0.165 e. The summed E-state index contributed by atoms with van der Waals surface area (Å²) in [5.41, 5.74) is 0.867. The Kier molecular flexibility index (Phi) is 2.63. The number of rotatable bonds is 2. The predicted molar refractivity (Wildman–Crippen MR) is 55.4 cm³/mol. The van der Waals surface area contributed by atoms with Crippen molar-refractivity contribution in [2.24, 2.45) is 0 Å². The minimum Gasteiger partial charge on any atom is -0.453 e. The number of benzene rings is 1. The first kappa shape index (κ1) is 9.65. The van der Waals surface area contributed by atoms with Crippen molar-refractivity contribution in [3.8, 4) is 11.5 Å². The van der Waals surface area contributed by atoms with Gasteiger partial charge in [0, 0.05) is 6.20 Å². The van der Waals surface area contributed by atoms with Crippen molar-refractivity contribution in [2.75, 3.05) is 0 Å². The van der Waals surface area contributed by atoms with Crippen molar-refractivity contribution in [2.45, 2.75) is 6.92 Å². The van der Waals surface area contributed by atoms with E-state index in [1.807, 2.05) is 6.92 Å². The number of nitrogens with zero attached hydrogens (tertiary/aromatic N) is 1. The molecule has 1 heterocycles. The van der Waals surface area contributed by atoms with Crippen molar-refractivity contribution in [3.05, 3.63) is 54.1 Å². The maximum absolute atomic E-state index is 13.4. The van der Waals surface area contributed by atoms with Crippen LogP contribution in [0.2, 0.25) is 0 Å². The van der Waals surface area contributed by atoms with Gasteiger partial charge in [0.1, 0.15) is 5.75 Å². The molecule has 0 saturated heterocycles. The number of pyridine rings is 1. The Labute approximate surface area is 87.4 Å². The lowest BCUT2D eigenvalue weighted by Crippen LogP contribution is -1.89. The quantitative estimate of drug-likeness (QED) is 0.746. The molecule has 1 aromatic carbocycles. The molecule has 2 aromatic rings. The maximum Gasteiger partial charge on any atom is 0.165 e. The molecule has 0 radical (unpaired) electrons. The predicted octanol–water partition coefficient (Wildman–Crippen LogP) is 3.32. The van der Waals surface area contributed by atoms with E-state index in [9.17, 15) is 4.39 Å². The lowest BCUT2D eigenvalue weighted by molar-refractivity contribution is 0.440. The Morgan fingerprint density at radius 2 is 2.13 bits per heavy atom. The molecule has 76 valence electrons. The number of halogens is 1. The van der Waals surface area contributed by atoms with Crippen LogP contribution in [0.25, 0.3) is 0 Å². The largest absolute Gasteiger partial charge is 0.453 e. The van der Waals surface area contributed by atoms with Gasteiger partial charge < -0.3 is 4.74 Å². The fraction of sp³-hybridized carbons (Fsp3) is 0.0833. The number of ether oxygens (including phenoxy) is 1. The van der Waals surface area contributed by atoms with E-state index in [-0.39, 0.29) is 11.6 Å². The lowest BCUT2D eigenvalue weighted by Gasteiger charge is -2.06. The van der Waals surface area contributed by atoms with Crippen molar-refractivity contribution < 1.29 is 9.13 Å². The van der Waals surface area contributed by atoms with Crippen LogP contribution >= 0.6 is 0 Å². The highest BCUT2D eigenvalue weighted by Gasteiger charge is 2.04. The molecular formula is C12H10FNO. The third kappa shape index (κ3) is 2.31. The Bertz CT molecular complexity index is 456. The monoisotopic (exact) mass is 203 g/mol. The van der Waals surface area contributed by atoms with Crippen molar-refractivity contribution >= 4 is 0 Å². The van der Waals surface area contributed by atoms with Gasteiger partial charge in [-0.3, -0.25) is 4.98 Å². The summed E-state index contributed by atoms with van der Waals surface area (Å²) in [5, 5.41) is 0. The SMILES string of the molecule is Cc1ccc(Oc2cccnc2)c(F)c1. The number of hydrogen-bond acceptors (Lipinski definition) is 2. The Hall–Kier alpha value is -1.90. The summed E-state index contributed by atoms with van der Waals surface area (Å²) < 4.78 is 18.7. The highest BCUT2D eigenvalue weighted by atomic mass is 19.1. The molecule has 0 atom stereocenters. The second-order valence-electron chi connectivity index (χ2n) is 3.22. The Morgan fingerprint density at radius 3 is 2.80 bits per heavy atom. The van der Waals surface area contributed by atoms with Gasteiger partial charge in [-0.2, -0.15) is 0 Å². The third-order valence-electron chi connectivity index (χ3n) is 1.95. The average Bonchev–Trinajstić information content (AvgIpc) is 2.24. The Balaban J connectivity index is 2.25. The normalized spacial score (nSPS) is 10.0. The first-order chi connectivity index (χ1) is 7.25. The first-order valence-corrected chi connectivity index (χ1v) is 4.60. The van der Waals surface area contributed by atoms with Gasteiger partial charge in [0.2, 0.25) is 0 Å². The van der Waals surface area contributed by atoms with Crippen LogP contribution < -0.4 is 4.74 Å². The van der Waals surface area contributed by atoms with Crippen LogP contribution in [0.3, 0.4) is 0 Å². The van der Waals surface area contributed by atoms with Crippen LogP contribution in [0.1, 0.15) is 5.56 Å².